The fourth-order valence-electron chi connectivity index (χ4n) is 2.10. The number of furan rings is 1. The molecular weight excluding hydrogens is 266 g/mol. The summed E-state index contributed by atoms with van der Waals surface area (Å²) in [5, 5.41) is 18.6. The van der Waals surface area contributed by atoms with Gasteiger partial charge in [-0.2, -0.15) is 4.39 Å². The lowest BCUT2D eigenvalue weighted by molar-refractivity contribution is 0.250. The highest BCUT2D eigenvalue weighted by Gasteiger charge is 2.18. The summed E-state index contributed by atoms with van der Waals surface area (Å²) in [6.45, 7) is -0.385. The van der Waals surface area contributed by atoms with Crippen molar-refractivity contribution in [2.45, 2.75) is 6.61 Å². The lowest BCUT2D eigenvalue weighted by atomic mass is 10.0. The van der Waals surface area contributed by atoms with E-state index in [-0.39, 0.29) is 29.3 Å². The number of phenolic OH excluding ortho intramolecular Hbond substituents is 1. The van der Waals surface area contributed by atoms with Crippen LogP contribution in [0, 0.1) is 11.6 Å². The Kier molecular flexibility index (Phi) is 2.91. The van der Waals surface area contributed by atoms with Crippen LogP contribution < -0.4 is 0 Å². The molecule has 0 atom stereocenters. The highest BCUT2D eigenvalue weighted by atomic mass is 19.2. The van der Waals surface area contributed by atoms with Gasteiger partial charge in [0, 0.05) is 10.9 Å². The van der Waals surface area contributed by atoms with E-state index in [2.05, 4.69) is 0 Å². The third-order valence-corrected chi connectivity index (χ3v) is 3.07. The topological polar surface area (TPSA) is 53.6 Å². The minimum atomic E-state index is -1.09. The Morgan fingerprint density at radius 1 is 1.00 bits per heavy atom. The number of benzene rings is 2. The third-order valence-electron chi connectivity index (χ3n) is 3.07. The van der Waals surface area contributed by atoms with Crippen molar-refractivity contribution in [3.05, 3.63) is 53.8 Å². The van der Waals surface area contributed by atoms with Crippen molar-refractivity contribution in [3.8, 4) is 16.9 Å². The van der Waals surface area contributed by atoms with Gasteiger partial charge in [-0.15, -0.1) is 0 Å². The molecule has 0 fully saturated rings. The Labute approximate surface area is 112 Å². The average Bonchev–Trinajstić information content (AvgIpc) is 2.87. The van der Waals surface area contributed by atoms with E-state index in [0.717, 1.165) is 0 Å². The van der Waals surface area contributed by atoms with E-state index < -0.39 is 11.6 Å². The Bertz CT molecular complexity index is 776. The maximum atomic E-state index is 14.1. The van der Waals surface area contributed by atoms with E-state index in [9.17, 15) is 13.9 Å². The molecule has 0 unspecified atom stereocenters. The first-order valence-corrected chi connectivity index (χ1v) is 5.91. The van der Waals surface area contributed by atoms with Crippen LogP contribution in [-0.4, -0.2) is 10.2 Å². The molecule has 0 amide bonds. The van der Waals surface area contributed by atoms with Gasteiger partial charge in [-0.3, -0.25) is 0 Å². The Morgan fingerprint density at radius 2 is 1.70 bits per heavy atom. The van der Waals surface area contributed by atoms with Crippen LogP contribution in [0.2, 0.25) is 0 Å². The summed E-state index contributed by atoms with van der Waals surface area (Å²) in [4.78, 5) is 0. The molecule has 20 heavy (non-hydrogen) atoms. The van der Waals surface area contributed by atoms with Gasteiger partial charge in [-0.1, -0.05) is 12.1 Å². The fourth-order valence-corrected chi connectivity index (χ4v) is 2.10. The number of aromatic hydroxyl groups is 1. The summed E-state index contributed by atoms with van der Waals surface area (Å²) < 4.78 is 33.1. The number of hydrogen-bond acceptors (Lipinski definition) is 3. The molecule has 0 bridgehead atoms. The summed E-state index contributed by atoms with van der Waals surface area (Å²) in [6.07, 6.45) is 0. The van der Waals surface area contributed by atoms with Crippen molar-refractivity contribution in [1.82, 2.24) is 0 Å². The number of halogens is 2. The summed E-state index contributed by atoms with van der Waals surface area (Å²) in [6, 6.07) is 8.68. The molecule has 1 aromatic heterocycles. The van der Waals surface area contributed by atoms with Crippen LogP contribution in [0.3, 0.4) is 0 Å². The predicted octanol–water partition coefficient (Wildman–Crippen LogP) is 3.58. The van der Waals surface area contributed by atoms with E-state index in [1.807, 2.05) is 0 Å². The lowest BCUT2D eigenvalue weighted by Gasteiger charge is -2.05. The monoisotopic (exact) mass is 276 g/mol. The van der Waals surface area contributed by atoms with Crippen molar-refractivity contribution in [1.29, 1.82) is 0 Å². The summed E-state index contributed by atoms with van der Waals surface area (Å²) in [5.41, 5.74) is 0.294. The maximum absolute atomic E-state index is 14.1. The molecule has 3 rings (SSSR count). The fraction of sp³-hybridized carbons (Fsp3) is 0.0667. The van der Waals surface area contributed by atoms with Crippen LogP contribution in [0.15, 0.2) is 40.8 Å². The van der Waals surface area contributed by atoms with E-state index in [1.54, 1.807) is 0 Å². The molecule has 3 nitrogen and oxygen atoms in total. The second-order valence-corrected chi connectivity index (χ2v) is 4.39. The minimum absolute atomic E-state index is 0.0431. The third kappa shape index (κ3) is 1.92. The van der Waals surface area contributed by atoms with Crippen LogP contribution in [0.5, 0.6) is 5.75 Å². The molecule has 0 saturated heterocycles. The molecule has 0 radical (unpaired) electrons. The largest absolute Gasteiger partial charge is 0.508 e. The molecule has 5 heteroatoms. The summed E-state index contributed by atoms with van der Waals surface area (Å²) in [5.74, 6) is -1.91. The summed E-state index contributed by atoms with van der Waals surface area (Å²) >= 11 is 0. The zero-order valence-corrected chi connectivity index (χ0v) is 10.2. The zero-order chi connectivity index (χ0) is 14.3. The smallest absolute Gasteiger partial charge is 0.202 e. The number of aliphatic hydroxyl groups is 1. The van der Waals surface area contributed by atoms with Gasteiger partial charge in [0.15, 0.2) is 11.4 Å². The first-order valence-electron chi connectivity index (χ1n) is 5.91. The van der Waals surface area contributed by atoms with Crippen molar-refractivity contribution >= 4 is 11.0 Å². The average molecular weight is 276 g/mol. The Balaban J connectivity index is 2.25. The van der Waals surface area contributed by atoms with Gasteiger partial charge >= 0.3 is 0 Å². The van der Waals surface area contributed by atoms with Crippen molar-refractivity contribution in [2.24, 2.45) is 0 Å². The Morgan fingerprint density at radius 3 is 2.35 bits per heavy atom. The van der Waals surface area contributed by atoms with E-state index in [1.165, 1.54) is 36.4 Å². The second kappa shape index (κ2) is 4.61. The first kappa shape index (κ1) is 12.6. The number of aliphatic hydroxyl groups excluding tert-OH is 1. The van der Waals surface area contributed by atoms with Crippen molar-refractivity contribution in [2.75, 3.05) is 0 Å². The van der Waals surface area contributed by atoms with Gasteiger partial charge < -0.3 is 14.6 Å². The van der Waals surface area contributed by atoms with E-state index in [0.29, 0.717) is 10.9 Å². The normalized spacial score (nSPS) is 11.2. The predicted molar refractivity (Wildman–Crippen MR) is 69.2 cm³/mol. The molecule has 0 aliphatic heterocycles. The lowest BCUT2D eigenvalue weighted by Crippen LogP contribution is -1.90. The van der Waals surface area contributed by atoms with Crippen molar-refractivity contribution < 1.29 is 23.4 Å². The molecule has 102 valence electrons. The standard InChI is InChI=1S/C15H10F2O3/c16-13-12(8-1-3-10(19)4-2-8)6-9-5-11(7-18)20-15(9)14(13)17/h1-6,18-19H,7H2. The zero-order valence-electron chi connectivity index (χ0n) is 10.2. The van der Waals surface area contributed by atoms with Crippen LogP contribution in [0.25, 0.3) is 22.1 Å². The SMILES string of the molecule is OCc1cc2cc(-c3ccc(O)cc3)c(F)c(F)c2o1. The molecule has 0 aliphatic carbocycles. The van der Waals surface area contributed by atoms with Crippen LogP contribution >= 0.6 is 0 Å². The number of hydrogen-bond donors (Lipinski definition) is 2. The van der Waals surface area contributed by atoms with Crippen LogP contribution in [0.4, 0.5) is 8.78 Å². The number of phenols is 1. The Hall–Kier alpha value is -2.40. The highest BCUT2D eigenvalue weighted by molar-refractivity contribution is 5.85. The molecule has 3 aromatic rings. The molecule has 2 aromatic carbocycles. The maximum Gasteiger partial charge on any atom is 0.202 e. The van der Waals surface area contributed by atoms with Gasteiger partial charge in [0.1, 0.15) is 18.1 Å². The van der Waals surface area contributed by atoms with E-state index >= 15 is 0 Å². The first-order chi connectivity index (χ1) is 9.60. The molecule has 0 aliphatic rings. The molecule has 2 N–H and O–H groups in total. The van der Waals surface area contributed by atoms with Gasteiger partial charge in [0.05, 0.1) is 0 Å². The van der Waals surface area contributed by atoms with Gasteiger partial charge in [-0.25, -0.2) is 4.39 Å². The van der Waals surface area contributed by atoms with Crippen LogP contribution in [-0.2, 0) is 6.61 Å². The quantitative estimate of drug-likeness (QED) is 0.752. The van der Waals surface area contributed by atoms with Gasteiger partial charge in [-0.05, 0) is 29.8 Å². The van der Waals surface area contributed by atoms with Gasteiger partial charge in [0.2, 0.25) is 5.82 Å². The molecule has 0 saturated carbocycles. The number of fused-ring (bicyclic) bond motifs is 1. The second-order valence-electron chi connectivity index (χ2n) is 4.39. The summed E-state index contributed by atoms with van der Waals surface area (Å²) in [7, 11) is 0. The van der Waals surface area contributed by atoms with Crippen LogP contribution in [0.1, 0.15) is 5.76 Å². The van der Waals surface area contributed by atoms with Crippen molar-refractivity contribution in [3.63, 3.8) is 0 Å². The molecular formula is C15H10F2O3. The number of rotatable bonds is 2. The van der Waals surface area contributed by atoms with E-state index in [4.69, 9.17) is 9.52 Å². The highest BCUT2D eigenvalue weighted by Crippen LogP contribution is 2.33. The molecule has 1 heterocycles. The van der Waals surface area contributed by atoms with Gasteiger partial charge in [0.25, 0.3) is 0 Å². The molecule has 0 spiro atoms. The minimum Gasteiger partial charge on any atom is -0.508 e.